The van der Waals surface area contributed by atoms with E-state index in [1.54, 1.807) is 6.20 Å². The quantitative estimate of drug-likeness (QED) is 0.924. The smallest absolute Gasteiger partial charge is 0.224 e. The fourth-order valence-electron chi connectivity index (χ4n) is 2.11. The van der Waals surface area contributed by atoms with Crippen LogP contribution in [0.1, 0.15) is 13.3 Å². The van der Waals surface area contributed by atoms with Crippen LogP contribution >= 0.6 is 15.9 Å². The highest BCUT2D eigenvalue weighted by Crippen LogP contribution is 2.28. The fraction of sp³-hybridized carbons (Fsp3) is 0.636. The van der Waals surface area contributed by atoms with Crippen LogP contribution in [0.2, 0.25) is 0 Å². The van der Waals surface area contributed by atoms with Crippen molar-refractivity contribution in [2.24, 2.45) is 0 Å². The van der Waals surface area contributed by atoms with Crippen LogP contribution in [0.3, 0.4) is 0 Å². The molecule has 0 aliphatic carbocycles. The van der Waals surface area contributed by atoms with E-state index >= 15 is 0 Å². The van der Waals surface area contributed by atoms with E-state index < -0.39 is 0 Å². The lowest BCUT2D eigenvalue weighted by molar-refractivity contribution is 0.118. The summed E-state index contributed by atoms with van der Waals surface area (Å²) in [4.78, 5) is 10.8. The predicted molar refractivity (Wildman–Crippen MR) is 71.5 cm³/mol. The van der Waals surface area contributed by atoms with E-state index in [1.807, 2.05) is 14.1 Å². The Kier molecular flexibility index (Phi) is 3.83. The molecular formula is C11H17BrN4O. The van der Waals surface area contributed by atoms with Crippen LogP contribution in [0, 0.1) is 0 Å². The third kappa shape index (κ3) is 2.52. The molecule has 0 spiro atoms. The maximum Gasteiger partial charge on any atom is 0.224 e. The van der Waals surface area contributed by atoms with Crippen molar-refractivity contribution in [1.82, 2.24) is 9.97 Å². The molecule has 0 saturated carbocycles. The summed E-state index contributed by atoms with van der Waals surface area (Å²) >= 11 is 3.49. The molecule has 1 aromatic rings. The first kappa shape index (κ1) is 12.6. The third-order valence-corrected chi connectivity index (χ3v) is 3.68. The van der Waals surface area contributed by atoms with Crippen molar-refractivity contribution in [2.75, 3.05) is 30.9 Å². The van der Waals surface area contributed by atoms with Gasteiger partial charge in [-0.25, -0.2) is 4.98 Å². The second-order valence-electron chi connectivity index (χ2n) is 4.16. The van der Waals surface area contributed by atoms with Gasteiger partial charge in [-0.05, 0) is 29.3 Å². The van der Waals surface area contributed by atoms with Crippen molar-refractivity contribution >= 4 is 27.7 Å². The van der Waals surface area contributed by atoms with Crippen LogP contribution in [-0.4, -0.2) is 42.8 Å². The molecular weight excluding hydrogens is 284 g/mol. The van der Waals surface area contributed by atoms with E-state index in [0.29, 0.717) is 12.0 Å². The number of nitrogens with zero attached hydrogens (tertiary/aromatic N) is 3. The number of anilines is 2. The summed E-state index contributed by atoms with van der Waals surface area (Å²) in [5, 5.41) is 2.95. The fourth-order valence-corrected chi connectivity index (χ4v) is 2.58. The van der Waals surface area contributed by atoms with E-state index in [-0.39, 0.29) is 6.10 Å². The molecule has 17 heavy (non-hydrogen) atoms. The van der Waals surface area contributed by atoms with E-state index in [2.05, 4.69) is 43.0 Å². The minimum Gasteiger partial charge on any atom is -0.376 e. The molecule has 5 nitrogen and oxygen atoms in total. The van der Waals surface area contributed by atoms with Gasteiger partial charge in [0.1, 0.15) is 5.82 Å². The molecule has 1 aromatic heterocycles. The summed E-state index contributed by atoms with van der Waals surface area (Å²) in [6.07, 6.45) is 3.04. The predicted octanol–water partition coefficient (Wildman–Crippen LogP) is 1.89. The number of ether oxygens (including phenoxy) is 1. The van der Waals surface area contributed by atoms with Crippen molar-refractivity contribution in [3.05, 3.63) is 10.7 Å². The molecule has 1 aliphatic heterocycles. The summed E-state index contributed by atoms with van der Waals surface area (Å²) in [6, 6.07) is 0.367. The maximum absolute atomic E-state index is 5.59. The Morgan fingerprint density at radius 3 is 2.94 bits per heavy atom. The van der Waals surface area contributed by atoms with Gasteiger partial charge in [0.15, 0.2) is 0 Å². The molecule has 1 fully saturated rings. The number of aromatic nitrogens is 2. The molecule has 2 rings (SSSR count). The molecule has 6 heteroatoms. The van der Waals surface area contributed by atoms with Gasteiger partial charge in [0.05, 0.1) is 16.6 Å². The molecule has 2 atom stereocenters. The lowest BCUT2D eigenvalue weighted by Crippen LogP contribution is -2.37. The Labute approximate surface area is 110 Å². The monoisotopic (exact) mass is 300 g/mol. The molecule has 1 saturated heterocycles. The number of hydrogen-bond acceptors (Lipinski definition) is 5. The van der Waals surface area contributed by atoms with E-state index in [4.69, 9.17) is 4.74 Å². The minimum atomic E-state index is 0.236. The number of rotatable bonds is 3. The van der Waals surface area contributed by atoms with Gasteiger partial charge in [0.2, 0.25) is 5.95 Å². The first-order chi connectivity index (χ1) is 8.13. The molecule has 0 aromatic carbocycles. The van der Waals surface area contributed by atoms with Gasteiger partial charge < -0.3 is 15.0 Å². The Morgan fingerprint density at radius 2 is 2.35 bits per heavy atom. The van der Waals surface area contributed by atoms with Crippen molar-refractivity contribution in [2.45, 2.75) is 25.5 Å². The highest BCUT2D eigenvalue weighted by atomic mass is 79.9. The second kappa shape index (κ2) is 5.18. The van der Waals surface area contributed by atoms with Gasteiger partial charge in [-0.3, -0.25) is 0 Å². The second-order valence-corrected chi connectivity index (χ2v) is 5.01. The van der Waals surface area contributed by atoms with E-state index in [1.165, 1.54) is 0 Å². The molecule has 0 radical (unpaired) electrons. The van der Waals surface area contributed by atoms with Gasteiger partial charge in [-0.2, -0.15) is 4.98 Å². The van der Waals surface area contributed by atoms with Crippen LogP contribution in [0.15, 0.2) is 10.7 Å². The zero-order valence-corrected chi connectivity index (χ0v) is 11.9. The van der Waals surface area contributed by atoms with Crippen molar-refractivity contribution in [3.8, 4) is 0 Å². The highest BCUT2D eigenvalue weighted by Gasteiger charge is 2.29. The van der Waals surface area contributed by atoms with Gasteiger partial charge in [0, 0.05) is 26.9 Å². The van der Waals surface area contributed by atoms with Crippen LogP contribution in [0.4, 0.5) is 11.8 Å². The summed E-state index contributed by atoms with van der Waals surface area (Å²) < 4.78 is 6.49. The molecule has 1 N–H and O–H groups in total. The lowest BCUT2D eigenvalue weighted by atomic mass is 10.1. The SMILES string of the molecule is CNc1ncc(Br)c(N(C)C2CCOC2C)n1. The summed E-state index contributed by atoms with van der Waals surface area (Å²) in [5.74, 6) is 1.52. The summed E-state index contributed by atoms with van der Waals surface area (Å²) in [5.41, 5.74) is 0. The van der Waals surface area contributed by atoms with Gasteiger partial charge >= 0.3 is 0 Å². The molecule has 2 heterocycles. The molecule has 0 bridgehead atoms. The highest BCUT2D eigenvalue weighted by molar-refractivity contribution is 9.10. The van der Waals surface area contributed by atoms with E-state index in [0.717, 1.165) is 23.3 Å². The number of likely N-dealkylation sites (N-methyl/N-ethyl adjacent to an activating group) is 1. The topological polar surface area (TPSA) is 50.3 Å². The number of hydrogen-bond donors (Lipinski definition) is 1. The third-order valence-electron chi connectivity index (χ3n) is 3.12. The number of halogens is 1. The van der Waals surface area contributed by atoms with Crippen LogP contribution in [0.25, 0.3) is 0 Å². The summed E-state index contributed by atoms with van der Waals surface area (Å²) in [7, 11) is 3.86. The molecule has 94 valence electrons. The standard InChI is InChI=1S/C11H17BrN4O/c1-7-9(4-5-17-7)16(3)10-8(12)6-14-11(13-2)15-10/h6-7,9H,4-5H2,1-3H3,(H,13,14,15). The van der Waals surface area contributed by atoms with Crippen LogP contribution < -0.4 is 10.2 Å². The molecule has 1 aliphatic rings. The Hall–Kier alpha value is -0.880. The Balaban J connectivity index is 2.26. The van der Waals surface area contributed by atoms with Crippen LogP contribution in [0.5, 0.6) is 0 Å². The normalized spacial score (nSPS) is 23.8. The van der Waals surface area contributed by atoms with Crippen molar-refractivity contribution < 1.29 is 4.74 Å². The minimum absolute atomic E-state index is 0.236. The van der Waals surface area contributed by atoms with Gasteiger partial charge in [-0.15, -0.1) is 0 Å². The van der Waals surface area contributed by atoms with E-state index in [9.17, 15) is 0 Å². The van der Waals surface area contributed by atoms with Crippen molar-refractivity contribution in [1.29, 1.82) is 0 Å². The average Bonchev–Trinajstić information content (AvgIpc) is 2.75. The first-order valence-electron chi connectivity index (χ1n) is 5.68. The first-order valence-corrected chi connectivity index (χ1v) is 6.47. The van der Waals surface area contributed by atoms with Gasteiger partial charge in [-0.1, -0.05) is 0 Å². The lowest BCUT2D eigenvalue weighted by Gasteiger charge is -2.28. The van der Waals surface area contributed by atoms with Crippen molar-refractivity contribution in [3.63, 3.8) is 0 Å². The molecule has 0 amide bonds. The van der Waals surface area contributed by atoms with Gasteiger partial charge in [0.25, 0.3) is 0 Å². The Bertz CT molecular complexity index is 401. The maximum atomic E-state index is 5.59. The zero-order chi connectivity index (χ0) is 12.4. The summed E-state index contributed by atoms with van der Waals surface area (Å²) in [6.45, 7) is 2.92. The average molecular weight is 301 g/mol. The van der Waals surface area contributed by atoms with Crippen LogP contribution in [-0.2, 0) is 4.74 Å². The zero-order valence-electron chi connectivity index (χ0n) is 10.3. The Morgan fingerprint density at radius 1 is 1.59 bits per heavy atom. The largest absolute Gasteiger partial charge is 0.376 e. The molecule has 2 unspecified atom stereocenters. The number of nitrogens with one attached hydrogen (secondary N) is 1.